The Kier molecular flexibility index (Phi) is 5.66. The van der Waals surface area contributed by atoms with Crippen LogP contribution in [0.15, 0.2) is 18.2 Å². The summed E-state index contributed by atoms with van der Waals surface area (Å²) in [5.74, 6) is -0.113. The van der Waals surface area contributed by atoms with Crippen LogP contribution in [0.5, 0.6) is 0 Å². The van der Waals surface area contributed by atoms with Gasteiger partial charge in [0.05, 0.1) is 17.1 Å². The Morgan fingerprint density at radius 2 is 2.05 bits per heavy atom. The zero-order chi connectivity index (χ0) is 16.1. The standard InChI is InChI=1S/C16H22ClN3O2/c1-10-4-2-3-5-14(10)20-15(21)9-19-11-6-7-13(17)12(8-11)16(18)22/h6-8,10,14,19H,2-5,9H2,1H3,(H2,18,22)(H,20,21)/t10-,14+/m1/s1. The number of nitrogens with one attached hydrogen (secondary N) is 2. The minimum absolute atomic E-state index is 0.0469. The summed E-state index contributed by atoms with van der Waals surface area (Å²) in [6, 6.07) is 5.12. The topological polar surface area (TPSA) is 84.2 Å². The summed E-state index contributed by atoms with van der Waals surface area (Å²) in [4.78, 5) is 23.3. The molecular formula is C16H22ClN3O2. The number of hydrogen-bond acceptors (Lipinski definition) is 3. The Morgan fingerprint density at radius 1 is 1.32 bits per heavy atom. The minimum Gasteiger partial charge on any atom is -0.376 e. The van der Waals surface area contributed by atoms with Crippen molar-refractivity contribution in [3.05, 3.63) is 28.8 Å². The number of amides is 2. The predicted octanol–water partition coefficient (Wildman–Crippen LogP) is 2.55. The van der Waals surface area contributed by atoms with Crippen LogP contribution in [-0.2, 0) is 4.79 Å². The van der Waals surface area contributed by atoms with E-state index in [9.17, 15) is 9.59 Å². The van der Waals surface area contributed by atoms with E-state index in [4.69, 9.17) is 17.3 Å². The van der Waals surface area contributed by atoms with Gasteiger partial charge in [-0.2, -0.15) is 0 Å². The van der Waals surface area contributed by atoms with Gasteiger partial charge in [0.1, 0.15) is 0 Å². The Morgan fingerprint density at radius 3 is 2.73 bits per heavy atom. The van der Waals surface area contributed by atoms with E-state index in [-0.39, 0.29) is 24.1 Å². The average molecular weight is 324 g/mol. The molecule has 1 aliphatic rings. The Bertz CT molecular complexity index is 562. The molecule has 0 aromatic heterocycles. The van der Waals surface area contributed by atoms with Gasteiger partial charge in [-0.05, 0) is 37.0 Å². The molecule has 0 spiro atoms. The quantitative estimate of drug-likeness (QED) is 0.778. The fraction of sp³-hybridized carbons (Fsp3) is 0.500. The van der Waals surface area contributed by atoms with E-state index in [1.165, 1.54) is 12.8 Å². The SMILES string of the molecule is C[C@@H]1CCCC[C@@H]1NC(=O)CNc1ccc(Cl)c(C(N)=O)c1. The molecule has 0 unspecified atom stereocenters. The zero-order valence-corrected chi connectivity index (χ0v) is 13.5. The second-order valence-corrected chi connectivity index (χ2v) is 6.26. The third-order valence-electron chi connectivity index (χ3n) is 4.14. The lowest BCUT2D eigenvalue weighted by Gasteiger charge is -2.29. The van der Waals surface area contributed by atoms with Crippen LogP contribution in [0, 0.1) is 5.92 Å². The lowest BCUT2D eigenvalue weighted by atomic mass is 9.86. The molecule has 1 saturated carbocycles. The van der Waals surface area contributed by atoms with Gasteiger partial charge in [0.25, 0.3) is 0 Å². The fourth-order valence-electron chi connectivity index (χ4n) is 2.79. The number of benzene rings is 1. The first-order valence-corrected chi connectivity index (χ1v) is 7.97. The highest BCUT2D eigenvalue weighted by molar-refractivity contribution is 6.33. The first kappa shape index (κ1) is 16.6. The summed E-state index contributed by atoms with van der Waals surface area (Å²) in [6.45, 7) is 2.33. The zero-order valence-electron chi connectivity index (χ0n) is 12.7. The van der Waals surface area contributed by atoms with Crippen molar-refractivity contribution in [2.75, 3.05) is 11.9 Å². The molecule has 0 aliphatic heterocycles. The molecule has 1 aromatic rings. The number of halogens is 1. The van der Waals surface area contributed by atoms with Crippen LogP contribution >= 0.6 is 11.6 Å². The van der Waals surface area contributed by atoms with Crippen LogP contribution in [-0.4, -0.2) is 24.4 Å². The van der Waals surface area contributed by atoms with Crippen molar-refractivity contribution in [2.24, 2.45) is 11.7 Å². The summed E-state index contributed by atoms with van der Waals surface area (Å²) in [5.41, 5.74) is 6.13. The van der Waals surface area contributed by atoms with Crippen molar-refractivity contribution in [1.82, 2.24) is 5.32 Å². The van der Waals surface area contributed by atoms with Gasteiger partial charge in [-0.15, -0.1) is 0 Å². The van der Waals surface area contributed by atoms with Crippen LogP contribution in [0.2, 0.25) is 5.02 Å². The van der Waals surface area contributed by atoms with Crippen LogP contribution in [0.25, 0.3) is 0 Å². The Labute approximate surface area is 135 Å². The minimum atomic E-state index is -0.589. The van der Waals surface area contributed by atoms with Crippen molar-refractivity contribution in [3.8, 4) is 0 Å². The molecule has 0 bridgehead atoms. The lowest BCUT2D eigenvalue weighted by molar-refractivity contribution is -0.120. The normalized spacial score (nSPS) is 21.2. The van der Waals surface area contributed by atoms with Gasteiger partial charge in [0.2, 0.25) is 11.8 Å². The summed E-state index contributed by atoms with van der Waals surface area (Å²) in [6.07, 6.45) is 4.62. The van der Waals surface area contributed by atoms with E-state index in [1.54, 1.807) is 18.2 Å². The maximum Gasteiger partial charge on any atom is 0.250 e. The third kappa shape index (κ3) is 4.37. The molecule has 5 nitrogen and oxygen atoms in total. The Balaban J connectivity index is 1.88. The molecule has 1 fully saturated rings. The first-order chi connectivity index (χ1) is 10.5. The van der Waals surface area contributed by atoms with Gasteiger partial charge in [-0.1, -0.05) is 31.4 Å². The van der Waals surface area contributed by atoms with Gasteiger partial charge in [0.15, 0.2) is 0 Å². The first-order valence-electron chi connectivity index (χ1n) is 7.60. The number of nitrogens with two attached hydrogens (primary N) is 1. The van der Waals surface area contributed by atoms with Crippen LogP contribution in [0.4, 0.5) is 5.69 Å². The number of anilines is 1. The molecule has 2 amide bonds. The van der Waals surface area contributed by atoms with E-state index >= 15 is 0 Å². The van der Waals surface area contributed by atoms with Crippen molar-refractivity contribution >= 4 is 29.1 Å². The molecule has 120 valence electrons. The van der Waals surface area contributed by atoms with Gasteiger partial charge >= 0.3 is 0 Å². The van der Waals surface area contributed by atoms with Crippen molar-refractivity contribution in [2.45, 2.75) is 38.6 Å². The smallest absolute Gasteiger partial charge is 0.250 e. The lowest BCUT2D eigenvalue weighted by Crippen LogP contribution is -2.43. The highest BCUT2D eigenvalue weighted by atomic mass is 35.5. The summed E-state index contributed by atoms with van der Waals surface area (Å²) < 4.78 is 0. The molecule has 22 heavy (non-hydrogen) atoms. The van der Waals surface area contributed by atoms with Crippen LogP contribution in [0.1, 0.15) is 43.0 Å². The van der Waals surface area contributed by atoms with Gasteiger partial charge in [-0.25, -0.2) is 0 Å². The monoisotopic (exact) mass is 323 g/mol. The highest BCUT2D eigenvalue weighted by Gasteiger charge is 2.22. The van der Waals surface area contributed by atoms with Gasteiger partial charge in [0, 0.05) is 11.7 Å². The molecule has 4 N–H and O–H groups in total. The third-order valence-corrected chi connectivity index (χ3v) is 4.47. The maximum atomic E-state index is 12.0. The summed E-state index contributed by atoms with van der Waals surface area (Å²) in [7, 11) is 0. The van der Waals surface area contributed by atoms with E-state index in [0.717, 1.165) is 12.8 Å². The van der Waals surface area contributed by atoms with Crippen LogP contribution < -0.4 is 16.4 Å². The largest absolute Gasteiger partial charge is 0.376 e. The van der Waals surface area contributed by atoms with Crippen molar-refractivity contribution in [3.63, 3.8) is 0 Å². The maximum absolute atomic E-state index is 12.0. The molecule has 0 heterocycles. The van der Waals surface area contributed by atoms with Crippen molar-refractivity contribution in [1.29, 1.82) is 0 Å². The van der Waals surface area contributed by atoms with Gasteiger partial charge in [-0.3, -0.25) is 9.59 Å². The molecule has 6 heteroatoms. The molecule has 2 atom stereocenters. The summed E-state index contributed by atoms with van der Waals surface area (Å²) >= 11 is 5.89. The average Bonchev–Trinajstić information content (AvgIpc) is 2.48. The van der Waals surface area contributed by atoms with E-state index < -0.39 is 5.91 Å². The number of rotatable bonds is 5. The van der Waals surface area contributed by atoms with Crippen LogP contribution in [0.3, 0.4) is 0 Å². The molecule has 1 aliphatic carbocycles. The second-order valence-electron chi connectivity index (χ2n) is 5.85. The number of primary amides is 1. The summed E-state index contributed by atoms with van der Waals surface area (Å²) in [5, 5.41) is 6.37. The molecular weight excluding hydrogens is 302 g/mol. The fourth-order valence-corrected chi connectivity index (χ4v) is 3.01. The number of carbonyl (C=O) groups excluding carboxylic acids is 2. The van der Waals surface area contributed by atoms with E-state index in [0.29, 0.717) is 16.6 Å². The predicted molar refractivity (Wildman–Crippen MR) is 88.0 cm³/mol. The molecule has 0 saturated heterocycles. The van der Waals surface area contributed by atoms with E-state index in [2.05, 4.69) is 17.6 Å². The number of carbonyl (C=O) groups is 2. The van der Waals surface area contributed by atoms with Crippen molar-refractivity contribution < 1.29 is 9.59 Å². The number of hydrogen-bond donors (Lipinski definition) is 3. The second kappa shape index (κ2) is 7.49. The highest BCUT2D eigenvalue weighted by Crippen LogP contribution is 2.23. The molecule has 0 radical (unpaired) electrons. The molecule has 2 rings (SSSR count). The molecule has 1 aromatic carbocycles. The van der Waals surface area contributed by atoms with E-state index in [1.807, 2.05) is 0 Å². The van der Waals surface area contributed by atoms with Gasteiger partial charge < -0.3 is 16.4 Å². The Hall–Kier alpha value is -1.75.